The lowest BCUT2D eigenvalue weighted by Crippen LogP contribution is -2.15. The molecule has 1 saturated heterocycles. The van der Waals surface area contributed by atoms with Gasteiger partial charge in [0, 0.05) is 13.2 Å². The molecule has 0 bridgehead atoms. The molecule has 0 saturated carbocycles. The predicted molar refractivity (Wildman–Crippen MR) is 37.2 cm³/mol. The molecule has 0 spiro atoms. The van der Waals surface area contributed by atoms with Gasteiger partial charge in [0.1, 0.15) is 0 Å². The van der Waals surface area contributed by atoms with Gasteiger partial charge >= 0.3 is 0 Å². The van der Waals surface area contributed by atoms with E-state index in [-0.39, 0.29) is 0 Å². The zero-order chi connectivity index (χ0) is 6.69. The summed E-state index contributed by atoms with van der Waals surface area (Å²) in [7, 11) is 0. The van der Waals surface area contributed by atoms with Gasteiger partial charge in [0.2, 0.25) is 0 Å². The first kappa shape index (κ1) is 7.03. The minimum atomic E-state index is 0.353. The quantitative estimate of drug-likeness (QED) is 0.559. The van der Waals surface area contributed by atoms with Crippen LogP contribution in [0.3, 0.4) is 0 Å². The maximum absolute atomic E-state index is 8.83. The van der Waals surface area contributed by atoms with Gasteiger partial charge in [-0.2, -0.15) is 0 Å². The SMILES string of the molecule is CCC1CNCC1CO. The van der Waals surface area contributed by atoms with Crippen LogP contribution in [0.15, 0.2) is 0 Å². The standard InChI is InChI=1S/C7H15NO/c1-2-6-3-8-4-7(6)5-9/h6-9H,2-5H2,1H3. The Hall–Kier alpha value is -0.0800. The Morgan fingerprint density at radius 1 is 1.44 bits per heavy atom. The highest BCUT2D eigenvalue weighted by Gasteiger charge is 2.23. The molecular weight excluding hydrogens is 114 g/mol. The smallest absolute Gasteiger partial charge is 0.0474 e. The molecule has 1 aliphatic heterocycles. The summed E-state index contributed by atoms with van der Waals surface area (Å²) in [6.07, 6.45) is 1.19. The van der Waals surface area contributed by atoms with Crippen LogP contribution in [0.4, 0.5) is 0 Å². The minimum absolute atomic E-state index is 0.353. The topological polar surface area (TPSA) is 32.3 Å². The summed E-state index contributed by atoms with van der Waals surface area (Å²) in [4.78, 5) is 0. The molecule has 2 atom stereocenters. The van der Waals surface area contributed by atoms with Crippen molar-refractivity contribution in [3.8, 4) is 0 Å². The van der Waals surface area contributed by atoms with Crippen LogP contribution in [-0.4, -0.2) is 24.8 Å². The monoisotopic (exact) mass is 129 g/mol. The van der Waals surface area contributed by atoms with E-state index in [0.717, 1.165) is 19.0 Å². The molecule has 1 fully saturated rings. The molecule has 1 rings (SSSR count). The number of nitrogens with one attached hydrogen (secondary N) is 1. The number of hydrogen-bond acceptors (Lipinski definition) is 2. The van der Waals surface area contributed by atoms with Crippen LogP contribution in [0, 0.1) is 11.8 Å². The highest BCUT2D eigenvalue weighted by atomic mass is 16.3. The van der Waals surface area contributed by atoms with E-state index >= 15 is 0 Å². The zero-order valence-electron chi connectivity index (χ0n) is 5.93. The first-order valence-electron chi connectivity index (χ1n) is 3.70. The largest absolute Gasteiger partial charge is 0.396 e. The van der Waals surface area contributed by atoms with E-state index in [2.05, 4.69) is 12.2 Å². The average molecular weight is 129 g/mol. The first-order valence-corrected chi connectivity index (χ1v) is 3.70. The van der Waals surface area contributed by atoms with Gasteiger partial charge in [-0.1, -0.05) is 13.3 Å². The van der Waals surface area contributed by atoms with Gasteiger partial charge in [0.05, 0.1) is 0 Å². The lowest BCUT2D eigenvalue weighted by Gasteiger charge is -2.12. The molecule has 0 aromatic carbocycles. The van der Waals surface area contributed by atoms with Gasteiger partial charge in [-0.05, 0) is 18.4 Å². The van der Waals surface area contributed by atoms with Crippen molar-refractivity contribution >= 4 is 0 Å². The summed E-state index contributed by atoms with van der Waals surface area (Å²) in [6.45, 7) is 4.64. The predicted octanol–water partition coefficient (Wildman–Crippen LogP) is 0.224. The normalized spacial score (nSPS) is 35.3. The van der Waals surface area contributed by atoms with Crippen molar-refractivity contribution in [1.29, 1.82) is 0 Å². The summed E-state index contributed by atoms with van der Waals surface area (Å²) in [6, 6.07) is 0. The molecule has 9 heavy (non-hydrogen) atoms. The fourth-order valence-corrected chi connectivity index (χ4v) is 1.48. The molecule has 0 radical (unpaired) electrons. The van der Waals surface area contributed by atoms with Crippen molar-refractivity contribution in [3.63, 3.8) is 0 Å². The Balaban J connectivity index is 2.32. The van der Waals surface area contributed by atoms with Crippen molar-refractivity contribution in [3.05, 3.63) is 0 Å². The van der Waals surface area contributed by atoms with E-state index in [4.69, 9.17) is 5.11 Å². The van der Waals surface area contributed by atoms with Crippen LogP contribution in [0.5, 0.6) is 0 Å². The molecule has 0 aliphatic carbocycles. The minimum Gasteiger partial charge on any atom is -0.396 e. The van der Waals surface area contributed by atoms with Gasteiger partial charge < -0.3 is 10.4 Å². The molecule has 0 aromatic rings. The van der Waals surface area contributed by atoms with Crippen LogP contribution in [0.1, 0.15) is 13.3 Å². The number of aliphatic hydroxyl groups is 1. The number of aliphatic hydroxyl groups excluding tert-OH is 1. The maximum atomic E-state index is 8.83. The second kappa shape index (κ2) is 3.18. The van der Waals surface area contributed by atoms with E-state index in [1.54, 1.807) is 0 Å². The van der Waals surface area contributed by atoms with Crippen LogP contribution in [0.2, 0.25) is 0 Å². The average Bonchev–Trinajstić information content (AvgIpc) is 2.33. The second-order valence-electron chi connectivity index (χ2n) is 2.77. The lowest BCUT2D eigenvalue weighted by atomic mass is 9.95. The molecule has 2 unspecified atom stereocenters. The van der Waals surface area contributed by atoms with Crippen molar-refractivity contribution in [2.45, 2.75) is 13.3 Å². The van der Waals surface area contributed by atoms with E-state index in [0.29, 0.717) is 12.5 Å². The molecular formula is C7H15NO. The maximum Gasteiger partial charge on any atom is 0.0474 e. The molecule has 2 N–H and O–H groups in total. The van der Waals surface area contributed by atoms with E-state index < -0.39 is 0 Å². The number of rotatable bonds is 2. The summed E-state index contributed by atoms with van der Waals surface area (Å²) in [5.74, 6) is 1.24. The molecule has 0 aromatic heterocycles. The van der Waals surface area contributed by atoms with Crippen molar-refractivity contribution in [1.82, 2.24) is 5.32 Å². The zero-order valence-corrected chi connectivity index (χ0v) is 5.93. The van der Waals surface area contributed by atoms with Gasteiger partial charge in [-0.3, -0.25) is 0 Å². The Morgan fingerprint density at radius 2 is 2.11 bits per heavy atom. The molecule has 2 nitrogen and oxygen atoms in total. The van der Waals surface area contributed by atoms with E-state index in [9.17, 15) is 0 Å². The Labute approximate surface area is 56.3 Å². The first-order chi connectivity index (χ1) is 4.38. The second-order valence-corrected chi connectivity index (χ2v) is 2.77. The third-order valence-electron chi connectivity index (χ3n) is 2.24. The Kier molecular flexibility index (Phi) is 2.49. The Bertz CT molecular complexity index is 75.0. The molecule has 2 heteroatoms. The van der Waals surface area contributed by atoms with Crippen molar-refractivity contribution in [2.75, 3.05) is 19.7 Å². The van der Waals surface area contributed by atoms with Gasteiger partial charge in [0.15, 0.2) is 0 Å². The third kappa shape index (κ3) is 1.43. The highest BCUT2D eigenvalue weighted by molar-refractivity contribution is 4.78. The summed E-state index contributed by atoms with van der Waals surface area (Å²) in [5, 5.41) is 12.1. The van der Waals surface area contributed by atoms with Crippen LogP contribution in [0.25, 0.3) is 0 Å². The van der Waals surface area contributed by atoms with Crippen LogP contribution >= 0.6 is 0 Å². The lowest BCUT2D eigenvalue weighted by molar-refractivity contribution is 0.203. The third-order valence-corrected chi connectivity index (χ3v) is 2.24. The van der Waals surface area contributed by atoms with Gasteiger partial charge in [-0.25, -0.2) is 0 Å². The fourth-order valence-electron chi connectivity index (χ4n) is 1.48. The Morgan fingerprint density at radius 3 is 2.56 bits per heavy atom. The molecule has 0 amide bonds. The molecule has 54 valence electrons. The van der Waals surface area contributed by atoms with Crippen LogP contribution < -0.4 is 5.32 Å². The van der Waals surface area contributed by atoms with Crippen LogP contribution in [-0.2, 0) is 0 Å². The highest BCUT2D eigenvalue weighted by Crippen LogP contribution is 2.18. The number of hydrogen-bond donors (Lipinski definition) is 2. The van der Waals surface area contributed by atoms with Gasteiger partial charge in [-0.15, -0.1) is 0 Å². The molecule has 1 aliphatic rings. The summed E-state index contributed by atoms with van der Waals surface area (Å²) in [5.41, 5.74) is 0. The summed E-state index contributed by atoms with van der Waals surface area (Å²) < 4.78 is 0. The van der Waals surface area contributed by atoms with Gasteiger partial charge in [0.25, 0.3) is 0 Å². The fraction of sp³-hybridized carbons (Fsp3) is 1.00. The van der Waals surface area contributed by atoms with E-state index in [1.807, 2.05) is 0 Å². The van der Waals surface area contributed by atoms with E-state index in [1.165, 1.54) is 6.42 Å². The van der Waals surface area contributed by atoms with Crippen molar-refractivity contribution in [2.24, 2.45) is 11.8 Å². The summed E-state index contributed by atoms with van der Waals surface area (Å²) >= 11 is 0. The molecule has 1 heterocycles. The van der Waals surface area contributed by atoms with Crippen molar-refractivity contribution < 1.29 is 5.11 Å².